The summed E-state index contributed by atoms with van der Waals surface area (Å²) in [6.45, 7) is 6.68. The molecule has 1 fully saturated rings. The molecule has 2 heterocycles. The highest BCUT2D eigenvalue weighted by Crippen LogP contribution is 2.42. The number of halogens is 1. The number of rotatable bonds is 11. The van der Waals surface area contributed by atoms with Crippen molar-refractivity contribution in [3.63, 3.8) is 0 Å². The van der Waals surface area contributed by atoms with E-state index in [1.54, 1.807) is 0 Å². The van der Waals surface area contributed by atoms with Crippen molar-refractivity contribution in [1.82, 2.24) is 24.5 Å². The Morgan fingerprint density at radius 1 is 0.775 bits per heavy atom. The van der Waals surface area contributed by atoms with Gasteiger partial charge < -0.3 is 9.80 Å². The smallest absolute Gasteiger partial charge is 0.0809 e. The molecule has 40 heavy (non-hydrogen) atoms. The van der Waals surface area contributed by atoms with Crippen LogP contribution < -0.4 is 0 Å². The molecule has 0 saturated carbocycles. The van der Waals surface area contributed by atoms with E-state index in [1.807, 2.05) is 12.1 Å². The fraction of sp³-hybridized carbons (Fsp3) is 0.382. The molecule has 0 unspecified atom stereocenters. The lowest BCUT2D eigenvalue weighted by Crippen LogP contribution is -2.43. The number of piperidine rings is 1. The van der Waals surface area contributed by atoms with Gasteiger partial charge in [0, 0.05) is 48.4 Å². The summed E-state index contributed by atoms with van der Waals surface area (Å²) in [4.78, 5) is 7.24. The predicted molar refractivity (Wildman–Crippen MR) is 166 cm³/mol. The fourth-order valence-electron chi connectivity index (χ4n) is 5.93. The number of hydrogen-bond donors (Lipinski definition) is 0. The van der Waals surface area contributed by atoms with Crippen molar-refractivity contribution >= 4 is 11.6 Å². The number of likely N-dealkylation sites (tertiary alicyclic amines) is 1. The second-order valence-corrected chi connectivity index (χ2v) is 12.0. The minimum atomic E-state index is 0.0577. The zero-order valence-electron chi connectivity index (χ0n) is 24.1. The van der Waals surface area contributed by atoms with Crippen LogP contribution >= 0.6 is 11.6 Å². The van der Waals surface area contributed by atoms with E-state index in [0.29, 0.717) is 0 Å². The molecule has 1 aliphatic heterocycles. The van der Waals surface area contributed by atoms with Crippen molar-refractivity contribution in [2.45, 2.75) is 37.9 Å². The summed E-state index contributed by atoms with van der Waals surface area (Å²) in [5.74, 6) is 0. The first-order chi connectivity index (χ1) is 19.4. The van der Waals surface area contributed by atoms with Crippen molar-refractivity contribution in [3.05, 3.63) is 124 Å². The van der Waals surface area contributed by atoms with Gasteiger partial charge in [0.1, 0.15) is 0 Å². The third-order valence-corrected chi connectivity index (χ3v) is 8.54. The van der Waals surface area contributed by atoms with Gasteiger partial charge in [-0.25, -0.2) is 0 Å². The summed E-state index contributed by atoms with van der Waals surface area (Å²) in [6, 6.07) is 30.3. The number of likely N-dealkylation sites (N-methyl/N-ethyl adjacent to an activating group) is 2. The number of benzene rings is 3. The van der Waals surface area contributed by atoms with E-state index in [2.05, 4.69) is 120 Å². The second kappa shape index (κ2) is 13.1. The van der Waals surface area contributed by atoms with Crippen LogP contribution in [0.4, 0.5) is 0 Å². The van der Waals surface area contributed by atoms with Gasteiger partial charge in [-0.1, -0.05) is 84.4 Å². The van der Waals surface area contributed by atoms with E-state index >= 15 is 0 Å². The third-order valence-electron chi connectivity index (χ3n) is 8.29. The minimum Gasteiger partial charge on any atom is -0.308 e. The summed E-state index contributed by atoms with van der Waals surface area (Å²) in [5, 5.41) is 5.89. The summed E-state index contributed by atoms with van der Waals surface area (Å²) in [6.07, 6.45) is 4.45. The van der Waals surface area contributed by atoms with Gasteiger partial charge in [0.25, 0.3) is 0 Å². The SMILES string of the molecule is CN(C)CCN(C)Cc1cn(Cc2ccc(Cl)cc2)nc1CN1CCC(c2ccccc2)(c2ccccc2)CC1. The molecule has 5 rings (SSSR count). The van der Waals surface area contributed by atoms with Crippen molar-refractivity contribution in [1.29, 1.82) is 0 Å². The second-order valence-electron chi connectivity index (χ2n) is 11.6. The lowest BCUT2D eigenvalue weighted by atomic mass is 9.68. The Kier molecular flexibility index (Phi) is 9.38. The normalized spacial score (nSPS) is 15.7. The molecule has 210 valence electrons. The van der Waals surface area contributed by atoms with Crippen LogP contribution in [0.2, 0.25) is 5.02 Å². The Bertz CT molecular complexity index is 1280. The van der Waals surface area contributed by atoms with Crippen molar-refractivity contribution in [3.8, 4) is 0 Å². The highest BCUT2D eigenvalue weighted by Gasteiger charge is 2.37. The molecule has 3 aromatic carbocycles. The first-order valence-electron chi connectivity index (χ1n) is 14.4. The van der Waals surface area contributed by atoms with Gasteiger partial charge in [-0.2, -0.15) is 5.10 Å². The quantitative estimate of drug-likeness (QED) is 0.221. The fourth-order valence-corrected chi connectivity index (χ4v) is 6.06. The van der Waals surface area contributed by atoms with E-state index in [4.69, 9.17) is 16.7 Å². The zero-order valence-corrected chi connectivity index (χ0v) is 24.9. The Balaban J connectivity index is 1.34. The lowest BCUT2D eigenvalue weighted by Gasteiger charge is -2.43. The zero-order chi connectivity index (χ0) is 28.0. The van der Waals surface area contributed by atoms with Crippen LogP contribution in [0.3, 0.4) is 0 Å². The van der Waals surface area contributed by atoms with Crippen LogP contribution in [0.5, 0.6) is 0 Å². The summed E-state index contributed by atoms with van der Waals surface area (Å²) in [7, 11) is 6.47. The molecule has 0 radical (unpaired) electrons. The number of aromatic nitrogens is 2. The maximum Gasteiger partial charge on any atom is 0.0809 e. The van der Waals surface area contributed by atoms with E-state index in [9.17, 15) is 0 Å². The molecular formula is C34H42ClN5. The first-order valence-corrected chi connectivity index (χ1v) is 14.8. The third kappa shape index (κ3) is 7.02. The molecule has 5 nitrogen and oxygen atoms in total. The maximum absolute atomic E-state index is 6.12. The Labute approximate surface area is 245 Å². The summed E-state index contributed by atoms with van der Waals surface area (Å²) >= 11 is 6.12. The Hall–Kier alpha value is -2.96. The molecule has 1 aliphatic rings. The molecule has 0 atom stereocenters. The molecule has 4 aromatic rings. The van der Waals surface area contributed by atoms with Crippen LogP contribution in [0, 0.1) is 0 Å². The van der Waals surface area contributed by atoms with Gasteiger partial charge in [-0.05, 0) is 75.9 Å². The lowest BCUT2D eigenvalue weighted by molar-refractivity contribution is 0.169. The van der Waals surface area contributed by atoms with E-state index < -0.39 is 0 Å². The van der Waals surface area contributed by atoms with Crippen LogP contribution in [0.1, 0.15) is 40.8 Å². The van der Waals surface area contributed by atoms with Crippen LogP contribution in [0.15, 0.2) is 91.1 Å². The molecule has 0 aliphatic carbocycles. The van der Waals surface area contributed by atoms with Gasteiger partial charge in [-0.3, -0.25) is 9.58 Å². The van der Waals surface area contributed by atoms with Gasteiger partial charge in [-0.15, -0.1) is 0 Å². The highest BCUT2D eigenvalue weighted by molar-refractivity contribution is 6.30. The molecule has 0 bridgehead atoms. The predicted octanol–water partition coefficient (Wildman–Crippen LogP) is 6.16. The molecule has 1 saturated heterocycles. The summed E-state index contributed by atoms with van der Waals surface area (Å²) < 4.78 is 2.11. The van der Waals surface area contributed by atoms with Crippen molar-refractivity contribution < 1.29 is 0 Å². The number of nitrogens with zero attached hydrogens (tertiary/aromatic N) is 5. The van der Waals surface area contributed by atoms with Gasteiger partial charge in [0.2, 0.25) is 0 Å². The minimum absolute atomic E-state index is 0.0577. The monoisotopic (exact) mass is 555 g/mol. The topological polar surface area (TPSA) is 27.5 Å². The molecule has 0 spiro atoms. The molecule has 1 aromatic heterocycles. The van der Waals surface area contributed by atoms with Crippen LogP contribution in [0.25, 0.3) is 0 Å². The molecule has 0 amide bonds. The molecular weight excluding hydrogens is 514 g/mol. The van der Waals surface area contributed by atoms with Crippen LogP contribution in [-0.2, 0) is 25.0 Å². The Morgan fingerprint density at radius 3 is 1.95 bits per heavy atom. The number of hydrogen-bond acceptors (Lipinski definition) is 4. The van der Waals surface area contributed by atoms with Gasteiger partial charge in [0.15, 0.2) is 0 Å². The molecule has 6 heteroatoms. The summed E-state index contributed by atoms with van der Waals surface area (Å²) in [5.41, 5.74) is 6.63. The first kappa shape index (κ1) is 28.6. The highest BCUT2D eigenvalue weighted by atomic mass is 35.5. The van der Waals surface area contributed by atoms with Crippen LogP contribution in [-0.4, -0.2) is 71.8 Å². The standard InChI is InChI=1S/C34H42ClN5/c1-37(2)22-23-38(3)25-29-26-40(24-28-14-16-32(35)17-15-28)36-33(29)27-39-20-18-34(19-21-39,30-10-6-4-7-11-30)31-12-8-5-9-13-31/h4-17,26H,18-25,27H2,1-3H3. The van der Waals surface area contributed by atoms with Gasteiger partial charge in [0.05, 0.1) is 12.2 Å². The van der Waals surface area contributed by atoms with Crippen molar-refractivity contribution in [2.24, 2.45) is 0 Å². The average Bonchev–Trinajstić information content (AvgIpc) is 3.34. The van der Waals surface area contributed by atoms with E-state index in [0.717, 1.165) is 63.7 Å². The van der Waals surface area contributed by atoms with E-state index in [1.165, 1.54) is 27.9 Å². The largest absolute Gasteiger partial charge is 0.308 e. The molecule has 0 N–H and O–H groups in total. The van der Waals surface area contributed by atoms with Crippen molar-refractivity contribution in [2.75, 3.05) is 47.3 Å². The Morgan fingerprint density at radius 2 is 1.38 bits per heavy atom. The maximum atomic E-state index is 6.12. The average molecular weight is 556 g/mol. The van der Waals surface area contributed by atoms with E-state index in [-0.39, 0.29) is 5.41 Å². The van der Waals surface area contributed by atoms with Gasteiger partial charge >= 0.3 is 0 Å².